The summed E-state index contributed by atoms with van der Waals surface area (Å²) >= 11 is 5.63. The number of anilines is 1. The van der Waals surface area contributed by atoms with Gasteiger partial charge in [-0.1, -0.05) is 23.7 Å². The minimum atomic E-state index is -1.26. The molecule has 1 fully saturated rings. The number of nitrogens with one attached hydrogen (secondary N) is 3. The van der Waals surface area contributed by atoms with Crippen LogP contribution in [0.2, 0.25) is 5.02 Å². The van der Waals surface area contributed by atoms with Crippen LogP contribution in [-0.2, 0) is 11.3 Å². The Hall–Kier alpha value is -3.33. The van der Waals surface area contributed by atoms with Gasteiger partial charge in [0.1, 0.15) is 5.69 Å². The van der Waals surface area contributed by atoms with Crippen molar-refractivity contribution < 1.29 is 33.0 Å². The monoisotopic (exact) mass is 636 g/mol. The maximum absolute atomic E-state index is 13.1. The minimum absolute atomic E-state index is 0. The number of aromatic nitrogens is 2. The van der Waals surface area contributed by atoms with Crippen molar-refractivity contribution in [3.63, 3.8) is 0 Å². The average molecular weight is 638 g/mol. The van der Waals surface area contributed by atoms with E-state index in [2.05, 4.69) is 25.7 Å². The quantitative estimate of drug-likeness (QED) is 0.235. The molecule has 2 heterocycles. The van der Waals surface area contributed by atoms with Crippen LogP contribution in [0.15, 0.2) is 42.5 Å². The normalized spacial score (nSPS) is 12.6. The number of carboxylic acid groups (broad SMARTS) is 1. The molecule has 224 valence electrons. The van der Waals surface area contributed by atoms with E-state index in [9.17, 15) is 23.2 Å². The highest BCUT2D eigenvalue weighted by atomic mass is 35.5. The molecule has 3 aromatic rings. The number of ether oxygens (including phenoxy) is 1. The number of carboxylic acids is 1. The zero-order chi connectivity index (χ0) is 28.4. The van der Waals surface area contributed by atoms with Crippen molar-refractivity contribution in [1.82, 2.24) is 20.4 Å². The molecule has 4 rings (SSSR count). The van der Waals surface area contributed by atoms with Gasteiger partial charge < -0.3 is 26.2 Å². The Balaban J connectivity index is 0.000000391. The molecule has 0 unspecified atom stereocenters. The molecule has 1 aromatic heterocycles. The minimum Gasteiger partial charge on any atom is -0.477 e. The number of benzene rings is 2. The van der Waals surface area contributed by atoms with Gasteiger partial charge in [0, 0.05) is 44.4 Å². The molecule has 0 aliphatic carbocycles. The van der Waals surface area contributed by atoms with Crippen molar-refractivity contribution in [2.45, 2.75) is 6.54 Å². The van der Waals surface area contributed by atoms with E-state index in [1.165, 1.54) is 0 Å². The van der Waals surface area contributed by atoms with Crippen LogP contribution in [0.25, 0.3) is 0 Å². The summed E-state index contributed by atoms with van der Waals surface area (Å²) in [6.45, 7) is 5.43. The summed E-state index contributed by atoms with van der Waals surface area (Å²) in [4.78, 5) is 36.7. The Kier molecular flexibility index (Phi) is 15.2. The largest absolute Gasteiger partial charge is 0.477 e. The second-order valence-electron chi connectivity index (χ2n) is 8.29. The first kappa shape index (κ1) is 35.7. The van der Waals surface area contributed by atoms with E-state index in [4.69, 9.17) is 27.2 Å². The standard InChI is InChI=1S/C14H21N3O2.C11H6ClF2N3O3.2ClH/c15-11-12-2-1-3-13(10-12)14(18)16-4-5-17-6-8-19-9-7-17;12-5-2-7(14)6(13)1-4(5)10(18)15-9-3-8(11(19)20)16-17-9;;/h1-3,10H,4-9,11,15H2,(H,16,18);1-3H,(H,19,20)(H2,15,16,17,18);2*1H. The number of carbonyl (C=O) groups is 3. The molecule has 6 N–H and O–H groups in total. The smallest absolute Gasteiger partial charge is 0.353 e. The number of amides is 2. The molecule has 1 aliphatic heterocycles. The highest BCUT2D eigenvalue weighted by Gasteiger charge is 2.17. The topological polar surface area (TPSA) is 163 Å². The number of rotatable bonds is 8. The van der Waals surface area contributed by atoms with Gasteiger partial charge in [0.15, 0.2) is 17.5 Å². The summed E-state index contributed by atoms with van der Waals surface area (Å²) in [7, 11) is 0. The van der Waals surface area contributed by atoms with Gasteiger partial charge in [-0.3, -0.25) is 19.6 Å². The molecule has 0 atom stereocenters. The first-order valence-corrected chi connectivity index (χ1v) is 12.2. The molecular formula is C25H29Cl3F2N6O5. The van der Waals surface area contributed by atoms with Crippen LogP contribution in [0, 0.1) is 11.6 Å². The summed E-state index contributed by atoms with van der Waals surface area (Å²) in [6, 6.07) is 9.79. The van der Waals surface area contributed by atoms with Crippen molar-refractivity contribution in [1.29, 1.82) is 0 Å². The highest BCUT2D eigenvalue weighted by molar-refractivity contribution is 6.34. The lowest BCUT2D eigenvalue weighted by molar-refractivity contribution is 0.0383. The van der Waals surface area contributed by atoms with Crippen LogP contribution in [0.1, 0.15) is 36.8 Å². The molecule has 0 bridgehead atoms. The van der Waals surface area contributed by atoms with Gasteiger partial charge in [0.05, 0.1) is 23.8 Å². The van der Waals surface area contributed by atoms with E-state index in [0.29, 0.717) is 30.8 Å². The third kappa shape index (κ3) is 10.9. The average Bonchev–Trinajstić information content (AvgIpc) is 3.40. The number of nitrogens with two attached hydrogens (primary N) is 1. The zero-order valence-electron chi connectivity index (χ0n) is 21.5. The molecule has 2 amide bonds. The van der Waals surface area contributed by atoms with E-state index in [1.54, 1.807) is 0 Å². The third-order valence-corrected chi connectivity index (χ3v) is 5.86. The second-order valence-corrected chi connectivity index (χ2v) is 8.69. The van der Waals surface area contributed by atoms with Crippen LogP contribution in [-0.4, -0.2) is 77.4 Å². The molecule has 1 saturated heterocycles. The number of halogens is 5. The predicted molar refractivity (Wildman–Crippen MR) is 153 cm³/mol. The second kappa shape index (κ2) is 17.5. The van der Waals surface area contributed by atoms with Gasteiger partial charge in [-0.15, -0.1) is 24.8 Å². The summed E-state index contributed by atoms with van der Waals surface area (Å²) in [5.74, 6) is -4.65. The van der Waals surface area contributed by atoms with Crippen molar-refractivity contribution in [3.05, 3.63) is 81.5 Å². The first-order chi connectivity index (χ1) is 18.7. The van der Waals surface area contributed by atoms with Crippen molar-refractivity contribution in [2.75, 3.05) is 44.7 Å². The molecule has 16 heteroatoms. The van der Waals surface area contributed by atoms with E-state index in [1.807, 2.05) is 24.3 Å². The summed E-state index contributed by atoms with van der Waals surface area (Å²) in [5.41, 5.74) is 6.67. The third-order valence-electron chi connectivity index (χ3n) is 5.55. The molecular weight excluding hydrogens is 609 g/mol. The van der Waals surface area contributed by atoms with E-state index in [0.717, 1.165) is 44.5 Å². The number of hydrogen-bond donors (Lipinski definition) is 5. The molecule has 0 radical (unpaired) electrons. The fourth-order valence-electron chi connectivity index (χ4n) is 3.47. The molecule has 1 aliphatic rings. The Bertz CT molecular complexity index is 1320. The molecule has 41 heavy (non-hydrogen) atoms. The number of nitrogens with zero attached hydrogens (tertiary/aromatic N) is 2. The number of aromatic carboxylic acids is 1. The lowest BCUT2D eigenvalue weighted by atomic mass is 10.1. The fraction of sp³-hybridized carbons (Fsp3) is 0.280. The molecule has 0 saturated carbocycles. The van der Waals surface area contributed by atoms with E-state index in [-0.39, 0.29) is 52.8 Å². The Morgan fingerprint density at radius 1 is 1.07 bits per heavy atom. The molecule has 0 spiro atoms. The summed E-state index contributed by atoms with van der Waals surface area (Å²) < 4.78 is 31.2. The van der Waals surface area contributed by atoms with Crippen LogP contribution >= 0.6 is 36.4 Å². The molecule has 11 nitrogen and oxygen atoms in total. The van der Waals surface area contributed by atoms with Crippen molar-refractivity contribution >= 4 is 60.0 Å². The number of aromatic amines is 1. The Morgan fingerprint density at radius 2 is 1.76 bits per heavy atom. The zero-order valence-corrected chi connectivity index (χ0v) is 23.9. The number of H-pyrrole nitrogens is 1. The fourth-order valence-corrected chi connectivity index (χ4v) is 3.71. The maximum atomic E-state index is 13.1. The van der Waals surface area contributed by atoms with Crippen LogP contribution < -0.4 is 16.4 Å². The van der Waals surface area contributed by atoms with Gasteiger partial charge in [-0.2, -0.15) is 5.10 Å². The van der Waals surface area contributed by atoms with Crippen molar-refractivity contribution in [2.24, 2.45) is 5.73 Å². The lowest BCUT2D eigenvalue weighted by Gasteiger charge is -2.26. The lowest BCUT2D eigenvalue weighted by Crippen LogP contribution is -2.41. The number of morpholine rings is 1. The summed E-state index contributed by atoms with van der Waals surface area (Å²) in [5, 5.41) is 19.2. The van der Waals surface area contributed by atoms with Crippen LogP contribution in [0.5, 0.6) is 0 Å². The predicted octanol–water partition coefficient (Wildman–Crippen LogP) is 3.34. The van der Waals surface area contributed by atoms with Gasteiger partial charge in [0.2, 0.25) is 0 Å². The highest BCUT2D eigenvalue weighted by Crippen LogP contribution is 2.21. The van der Waals surface area contributed by atoms with Gasteiger partial charge >= 0.3 is 5.97 Å². The first-order valence-electron chi connectivity index (χ1n) is 11.8. The van der Waals surface area contributed by atoms with Crippen molar-refractivity contribution in [3.8, 4) is 0 Å². The molecule has 2 aromatic carbocycles. The van der Waals surface area contributed by atoms with Gasteiger partial charge in [0.25, 0.3) is 11.8 Å². The number of hydrogen-bond acceptors (Lipinski definition) is 7. The SMILES string of the molecule is Cl.Cl.NCc1cccc(C(=O)NCCN2CCOCC2)c1.O=C(O)c1cc(NC(=O)c2cc(F)c(F)cc2Cl)n[nH]1. The number of carbonyl (C=O) groups excluding carboxylic acids is 2. The van der Waals surface area contributed by atoms with E-state index < -0.39 is 23.5 Å². The van der Waals surface area contributed by atoms with Crippen LogP contribution in [0.4, 0.5) is 14.6 Å². The summed E-state index contributed by atoms with van der Waals surface area (Å²) in [6.07, 6.45) is 0. The maximum Gasteiger partial charge on any atom is 0.353 e. The van der Waals surface area contributed by atoms with Gasteiger partial charge in [-0.05, 0) is 29.8 Å². The Morgan fingerprint density at radius 3 is 2.39 bits per heavy atom. The van der Waals surface area contributed by atoms with Crippen LogP contribution in [0.3, 0.4) is 0 Å². The Labute approximate surface area is 251 Å². The van der Waals surface area contributed by atoms with E-state index >= 15 is 0 Å². The van der Waals surface area contributed by atoms with Gasteiger partial charge in [-0.25, -0.2) is 13.6 Å².